The smallest absolute Gasteiger partial charge is 0.0268 e. The van der Waals surface area contributed by atoms with Crippen molar-refractivity contribution < 1.29 is 0 Å². The molecule has 0 bridgehead atoms. The van der Waals surface area contributed by atoms with Gasteiger partial charge in [0.05, 0.1) is 0 Å². The van der Waals surface area contributed by atoms with Crippen LogP contribution in [0.3, 0.4) is 0 Å². The number of rotatable bonds is 1. The number of benzene rings is 1. The number of nitrogens with two attached hydrogens (primary N) is 1. The molecule has 0 radical (unpaired) electrons. The van der Waals surface area contributed by atoms with E-state index < -0.39 is 0 Å². The standard InChI is InChI=1S/C12H17N.ClH/c1-9(13)11-8-4-6-10-5-2-3-7-12(10)11;/h4,6,8-9H,2-3,5,7,13H2,1H3;1H/t9-;/m1./s1. The Morgan fingerprint density at radius 1 is 1.21 bits per heavy atom. The molecule has 1 aromatic carbocycles. The summed E-state index contributed by atoms with van der Waals surface area (Å²) in [5.74, 6) is 0. The monoisotopic (exact) mass is 211 g/mol. The maximum absolute atomic E-state index is 5.94. The minimum atomic E-state index is 0. The Morgan fingerprint density at radius 3 is 2.64 bits per heavy atom. The molecule has 1 aromatic rings. The third-order valence-electron chi connectivity index (χ3n) is 2.92. The van der Waals surface area contributed by atoms with E-state index >= 15 is 0 Å². The van der Waals surface area contributed by atoms with Gasteiger partial charge in [-0.15, -0.1) is 12.4 Å². The Morgan fingerprint density at radius 2 is 1.93 bits per heavy atom. The van der Waals surface area contributed by atoms with E-state index in [9.17, 15) is 0 Å². The first kappa shape index (κ1) is 11.5. The maximum Gasteiger partial charge on any atom is 0.0268 e. The van der Waals surface area contributed by atoms with Gasteiger partial charge < -0.3 is 5.73 Å². The van der Waals surface area contributed by atoms with Crippen molar-refractivity contribution >= 4 is 12.4 Å². The molecule has 0 unspecified atom stereocenters. The molecular formula is C12H18ClN. The summed E-state index contributed by atoms with van der Waals surface area (Å²) in [7, 11) is 0. The van der Waals surface area contributed by atoms with Gasteiger partial charge in [-0.3, -0.25) is 0 Å². The van der Waals surface area contributed by atoms with E-state index in [2.05, 4.69) is 25.1 Å². The second-order valence-corrected chi connectivity index (χ2v) is 3.98. The van der Waals surface area contributed by atoms with E-state index in [-0.39, 0.29) is 18.4 Å². The SMILES string of the molecule is C[C@@H](N)c1cccc2c1CCCC2.Cl. The molecular weight excluding hydrogens is 194 g/mol. The predicted octanol–water partition coefficient (Wildman–Crippen LogP) is 3.01. The number of halogens is 1. The van der Waals surface area contributed by atoms with Gasteiger partial charge in [0.2, 0.25) is 0 Å². The van der Waals surface area contributed by atoms with E-state index in [1.807, 2.05) is 0 Å². The number of hydrogen-bond donors (Lipinski definition) is 1. The molecule has 0 aromatic heterocycles. The summed E-state index contributed by atoms with van der Waals surface area (Å²) in [5, 5.41) is 0. The van der Waals surface area contributed by atoms with Gasteiger partial charge in [-0.05, 0) is 49.3 Å². The van der Waals surface area contributed by atoms with Gasteiger partial charge in [0.25, 0.3) is 0 Å². The summed E-state index contributed by atoms with van der Waals surface area (Å²) in [4.78, 5) is 0. The molecule has 1 atom stereocenters. The molecule has 0 heterocycles. The van der Waals surface area contributed by atoms with Crippen molar-refractivity contribution in [2.45, 2.75) is 38.6 Å². The lowest BCUT2D eigenvalue weighted by atomic mass is 9.86. The average molecular weight is 212 g/mol. The molecule has 1 aliphatic carbocycles. The number of hydrogen-bond acceptors (Lipinski definition) is 1. The van der Waals surface area contributed by atoms with Crippen molar-refractivity contribution in [3.63, 3.8) is 0 Å². The predicted molar refractivity (Wildman–Crippen MR) is 62.9 cm³/mol. The Hall–Kier alpha value is -0.530. The molecule has 2 rings (SSSR count). The second-order valence-electron chi connectivity index (χ2n) is 3.98. The summed E-state index contributed by atoms with van der Waals surface area (Å²) in [6.45, 7) is 2.07. The van der Waals surface area contributed by atoms with Gasteiger partial charge in [-0.25, -0.2) is 0 Å². The van der Waals surface area contributed by atoms with Gasteiger partial charge in [0.15, 0.2) is 0 Å². The van der Waals surface area contributed by atoms with Crippen molar-refractivity contribution in [2.75, 3.05) is 0 Å². The van der Waals surface area contributed by atoms with E-state index in [1.165, 1.54) is 42.4 Å². The van der Waals surface area contributed by atoms with Crippen molar-refractivity contribution in [3.8, 4) is 0 Å². The van der Waals surface area contributed by atoms with Crippen molar-refractivity contribution in [2.24, 2.45) is 5.73 Å². The van der Waals surface area contributed by atoms with Crippen molar-refractivity contribution in [1.82, 2.24) is 0 Å². The molecule has 1 nitrogen and oxygen atoms in total. The zero-order valence-electron chi connectivity index (χ0n) is 8.62. The lowest BCUT2D eigenvalue weighted by molar-refractivity contribution is 0.667. The summed E-state index contributed by atoms with van der Waals surface area (Å²) in [6, 6.07) is 6.76. The third kappa shape index (κ3) is 2.10. The normalized spacial score (nSPS) is 16.7. The minimum Gasteiger partial charge on any atom is -0.324 e. The highest BCUT2D eigenvalue weighted by Gasteiger charge is 2.14. The van der Waals surface area contributed by atoms with E-state index in [0.717, 1.165) is 0 Å². The van der Waals surface area contributed by atoms with Gasteiger partial charge in [-0.1, -0.05) is 18.2 Å². The first-order chi connectivity index (χ1) is 6.29. The van der Waals surface area contributed by atoms with E-state index in [4.69, 9.17) is 5.73 Å². The van der Waals surface area contributed by atoms with Crippen LogP contribution >= 0.6 is 12.4 Å². The summed E-state index contributed by atoms with van der Waals surface area (Å²) >= 11 is 0. The summed E-state index contributed by atoms with van der Waals surface area (Å²) in [6.07, 6.45) is 5.15. The van der Waals surface area contributed by atoms with Crippen LogP contribution in [0.5, 0.6) is 0 Å². The third-order valence-corrected chi connectivity index (χ3v) is 2.92. The lowest BCUT2D eigenvalue weighted by Gasteiger charge is -2.20. The molecule has 0 saturated heterocycles. The Kier molecular flexibility index (Phi) is 3.97. The van der Waals surface area contributed by atoms with Gasteiger partial charge in [0, 0.05) is 6.04 Å². The van der Waals surface area contributed by atoms with Crippen LogP contribution in [0.2, 0.25) is 0 Å². The fourth-order valence-electron chi connectivity index (χ4n) is 2.24. The largest absolute Gasteiger partial charge is 0.324 e. The fraction of sp³-hybridized carbons (Fsp3) is 0.500. The van der Waals surface area contributed by atoms with Crippen LogP contribution in [0.1, 0.15) is 42.5 Å². The van der Waals surface area contributed by atoms with Gasteiger partial charge >= 0.3 is 0 Å². The number of aryl methyl sites for hydroxylation is 1. The fourth-order valence-corrected chi connectivity index (χ4v) is 2.24. The molecule has 0 fully saturated rings. The molecule has 2 N–H and O–H groups in total. The molecule has 1 aliphatic rings. The van der Waals surface area contributed by atoms with E-state index in [1.54, 1.807) is 0 Å². The summed E-state index contributed by atoms with van der Waals surface area (Å²) in [5.41, 5.74) is 10.4. The molecule has 0 saturated carbocycles. The van der Waals surface area contributed by atoms with Crippen LogP contribution < -0.4 is 5.73 Å². The van der Waals surface area contributed by atoms with Crippen LogP contribution in [0.25, 0.3) is 0 Å². The quantitative estimate of drug-likeness (QED) is 0.760. The van der Waals surface area contributed by atoms with Crippen LogP contribution in [0.15, 0.2) is 18.2 Å². The highest BCUT2D eigenvalue weighted by molar-refractivity contribution is 5.85. The summed E-state index contributed by atoms with van der Waals surface area (Å²) < 4.78 is 0. The van der Waals surface area contributed by atoms with Gasteiger partial charge in [-0.2, -0.15) is 0 Å². The van der Waals surface area contributed by atoms with Crippen molar-refractivity contribution in [3.05, 3.63) is 34.9 Å². The molecule has 2 heteroatoms. The Bertz CT molecular complexity index is 307. The van der Waals surface area contributed by atoms with Crippen LogP contribution in [-0.2, 0) is 12.8 Å². The van der Waals surface area contributed by atoms with Crippen LogP contribution in [0.4, 0.5) is 0 Å². The first-order valence-corrected chi connectivity index (χ1v) is 5.15. The zero-order valence-corrected chi connectivity index (χ0v) is 9.44. The Balaban J connectivity index is 0.000000980. The van der Waals surface area contributed by atoms with Crippen LogP contribution in [0, 0.1) is 0 Å². The first-order valence-electron chi connectivity index (χ1n) is 5.15. The highest BCUT2D eigenvalue weighted by atomic mass is 35.5. The Labute approximate surface area is 92.1 Å². The second kappa shape index (κ2) is 4.81. The number of fused-ring (bicyclic) bond motifs is 1. The molecule has 78 valence electrons. The highest BCUT2D eigenvalue weighted by Crippen LogP contribution is 2.27. The van der Waals surface area contributed by atoms with Crippen LogP contribution in [-0.4, -0.2) is 0 Å². The molecule has 0 aliphatic heterocycles. The molecule has 0 spiro atoms. The minimum absolute atomic E-state index is 0. The zero-order chi connectivity index (χ0) is 9.26. The lowest BCUT2D eigenvalue weighted by Crippen LogP contribution is -2.12. The average Bonchev–Trinajstić information content (AvgIpc) is 2.17. The molecule has 14 heavy (non-hydrogen) atoms. The van der Waals surface area contributed by atoms with E-state index in [0.29, 0.717) is 0 Å². The van der Waals surface area contributed by atoms with Crippen molar-refractivity contribution in [1.29, 1.82) is 0 Å². The topological polar surface area (TPSA) is 26.0 Å². The molecule has 0 amide bonds. The van der Waals surface area contributed by atoms with Gasteiger partial charge in [0.1, 0.15) is 0 Å². The maximum atomic E-state index is 5.94.